The van der Waals surface area contributed by atoms with Crippen LogP contribution in [0.15, 0.2) is 114 Å². The van der Waals surface area contributed by atoms with Crippen LogP contribution in [0, 0.1) is 38.6 Å². The van der Waals surface area contributed by atoms with Gasteiger partial charge in [-0.25, -0.2) is 0 Å². The first-order chi connectivity index (χ1) is 27.0. The van der Waals surface area contributed by atoms with Gasteiger partial charge in [0.25, 0.3) is 0 Å². The van der Waals surface area contributed by atoms with Crippen LogP contribution in [-0.4, -0.2) is 9.97 Å². The number of furan rings is 1. The zero-order chi connectivity index (χ0) is 42.4. The van der Waals surface area contributed by atoms with Crippen LogP contribution in [0.3, 0.4) is 0 Å². The Morgan fingerprint density at radius 3 is 2.26 bits per heavy atom. The first kappa shape index (κ1) is 20.0. The fourth-order valence-electron chi connectivity index (χ4n) is 4.87. The number of pyridine rings is 2. The third-order valence-corrected chi connectivity index (χ3v) is 6.99. The van der Waals surface area contributed by atoms with Crippen molar-refractivity contribution in [1.82, 2.24) is 9.97 Å². The number of fused-ring (bicyclic) bond motifs is 3. The van der Waals surface area contributed by atoms with Crippen molar-refractivity contribution in [2.45, 2.75) is 47.1 Å². The van der Waals surface area contributed by atoms with Gasteiger partial charge < -0.3 is 14.4 Å². The average molecular weight is 792 g/mol. The Bertz CT molecular complexity index is 2560. The molecule has 3 heterocycles. The molecule has 0 spiro atoms. The van der Waals surface area contributed by atoms with Crippen LogP contribution in [0.25, 0.3) is 44.5 Å². The first-order valence-corrected chi connectivity index (χ1v) is 14.4. The Balaban J connectivity index is 0.000000226. The van der Waals surface area contributed by atoms with Crippen molar-refractivity contribution in [3.63, 3.8) is 0 Å². The fourth-order valence-corrected chi connectivity index (χ4v) is 4.87. The van der Waals surface area contributed by atoms with E-state index in [1.807, 2.05) is 30.3 Å². The summed E-state index contributed by atoms with van der Waals surface area (Å²) in [4.78, 5) is 8.53. The molecule has 4 aromatic carbocycles. The molecule has 0 saturated heterocycles. The normalized spacial score (nSPS) is 16.5. The molecule has 3 aromatic heterocycles. The maximum absolute atomic E-state index is 8.79. The number of aromatic nitrogens is 2. The molecule has 0 fully saturated rings. The molecule has 46 heavy (non-hydrogen) atoms. The zero-order valence-electron chi connectivity index (χ0n) is 38.1. The second-order valence-corrected chi connectivity index (χ2v) is 10.7. The summed E-state index contributed by atoms with van der Waals surface area (Å²) < 4.78 is 109. The molecule has 7 aromatic rings. The smallest absolute Gasteiger partial charge is 0.120 e. The van der Waals surface area contributed by atoms with Gasteiger partial charge in [0.05, 0.1) is 5.58 Å². The number of benzene rings is 4. The molecule has 0 amide bonds. The standard InChI is InChI=1S/C25H18NO.C17H20N.Ir/c1-17-16-26-23(15-19(17)14-18-8-3-2-4-9-18)22-12-7-11-21-20-10-5-6-13-24(20)27-25(21)22;1-12(2)9-16-10-17(18-11-14(16)4)15-7-5-13(3)6-8-15;/h2-11,13,15-16H,14H2,1H3;5-7,10-12H,9H2,1-4H3;/q2*-1;/i1D3,14D2;3D3,4D3,9D2;. The van der Waals surface area contributed by atoms with Crippen molar-refractivity contribution >= 4 is 21.9 Å². The van der Waals surface area contributed by atoms with Gasteiger partial charge >= 0.3 is 0 Å². The van der Waals surface area contributed by atoms with Gasteiger partial charge in [-0.05, 0) is 72.1 Å². The van der Waals surface area contributed by atoms with Gasteiger partial charge in [-0.1, -0.05) is 97.9 Å². The van der Waals surface area contributed by atoms with Crippen LogP contribution >= 0.6 is 0 Å². The molecule has 0 bridgehead atoms. The van der Waals surface area contributed by atoms with Gasteiger partial charge in [-0.2, -0.15) is 0 Å². The molecule has 0 aliphatic carbocycles. The predicted molar refractivity (Wildman–Crippen MR) is 186 cm³/mol. The quantitative estimate of drug-likeness (QED) is 0.158. The molecular weight excluding hydrogens is 741 g/mol. The van der Waals surface area contributed by atoms with Crippen LogP contribution in [0.5, 0.6) is 0 Å². The van der Waals surface area contributed by atoms with Crippen molar-refractivity contribution in [1.29, 1.82) is 0 Å². The van der Waals surface area contributed by atoms with Crippen LogP contribution in [0.2, 0.25) is 0 Å². The Kier molecular flexibility index (Phi) is 6.44. The van der Waals surface area contributed by atoms with E-state index in [-0.39, 0.29) is 47.9 Å². The summed E-state index contributed by atoms with van der Waals surface area (Å²) in [7, 11) is 0. The van der Waals surface area contributed by atoms with Crippen molar-refractivity contribution in [2.24, 2.45) is 5.92 Å². The number of aryl methyl sites for hydroxylation is 3. The van der Waals surface area contributed by atoms with Gasteiger partial charge in [-0.3, -0.25) is 0 Å². The third kappa shape index (κ3) is 7.53. The van der Waals surface area contributed by atoms with Crippen molar-refractivity contribution in [3.8, 4) is 22.5 Å². The molecule has 233 valence electrons. The van der Waals surface area contributed by atoms with E-state index in [1.165, 1.54) is 42.7 Å². The molecule has 3 nitrogen and oxygen atoms in total. The summed E-state index contributed by atoms with van der Waals surface area (Å²) in [5, 5.41) is 1.85. The fraction of sp³-hybridized carbons (Fsp3) is 0.190. The molecule has 0 N–H and O–H groups in total. The van der Waals surface area contributed by atoms with E-state index in [0.717, 1.165) is 16.4 Å². The van der Waals surface area contributed by atoms with Gasteiger partial charge in [0.2, 0.25) is 0 Å². The van der Waals surface area contributed by atoms with E-state index >= 15 is 0 Å². The van der Waals surface area contributed by atoms with E-state index in [1.54, 1.807) is 50.2 Å². The van der Waals surface area contributed by atoms with Gasteiger partial charge in [-0.15, -0.1) is 53.6 Å². The molecule has 0 unspecified atom stereocenters. The van der Waals surface area contributed by atoms with Gasteiger partial charge in [0.1, 0.15) is 5.58 Å². The van der Waals surface area contributed by atoms with E-state index in [9.17, 15) is 0 Å². The number of hydrogen-bond acceptors (Lipinski definition) is 3. The van der Waals surface area contributed by atoms with Crippen LogP contribution in [0.1, 0.15) is 65.0 Å². The molecule has 1 radical (unpaired) electrons. The summed E-state index contributed by atoms with van der Waals surface area (Å²) in [6.07, 6.45) is -1.48. The van der Waals surface area contributed by atoms with Crippen molar-refractivity contribution in [3.05, 3.63) is 155 Å². The van der Waals surface area contributed by atoms with Gasteiger partial charge in [0.15, 0.2) is 0 Å². The largest absolute Gasteiger partial charge is 0.501 e. The molecule has 4 heteroatoms. The van der Waals surface area contributed by atoms with Crippen LogP contribution in [0.4, 0.5) is 0 Å². The Morgan fingerprint density at radius 1 is 0.783 bits per heavy atom. The first-order valence-electron chi connectivity index (χ1n) is 20.9. The summed E-state index contributed by atoms with van der Waals surface area (Å²) >= 11 is 0. The number of hydrogen-bond donors (Lipinski definition) is 0. The number of nitrogens with zero attached hydrogens (tertiary/aromatic N) is 2. The Labute approximate surface area is 304 Å². The Morgan fingerprint density at radius 2 is 1.52 bits per heavy atom. The van der Waals surface area contributed by atoms with Crippen molar-refractivity contribution in [2.75, 3.05) is 0 Å². The van der Waals surface area contributed by atoms with Gasteiger partial charge in [0, 0.05) is 55.7 Å². The molecule has 0 saturated carbocycles. The number of rotatable bonds is 6. The second kappa shape index (κ2) is 14.8. The van der Waals surface area contributed by atoms with Crippen LogP contribution in [-0.2, 0) is 32.9 Å². The summed E-state index contributed by atoms with van der Waals surface area (Å²) in [6.45, 7) is -3.88. The summed E-state index contributed by atoms with van der Waals surface area (Å²) in [5.41, 5.74) is 3.44. The minimum atomic E-state index is -2.52. The van der Waals surface area contributed by atoms with E-state index in [0.29, 0.717) is 33.7 Å². The molecule has 0 aliphatic heterocycles. The second-order valence-electron chi connectivity index (χ2n) is 10.7. The third-order valence-electron chi connectivity index (χ3n) is 6.99. The van der Waals surface area contributed by atoms with Crippen molar-refractivity contribution < 1.29 is 42.3 Å². The Hall–Kier alpha value is -4.37. The molecule has 0 atom stereocenters. The molecule has 7 rings (SSSR count). The monoisotopic (exact) mass is 792 g/mol. The maximum atomic E-state index is 8.79. The predicted octanol–water partition coefficient (Wildman–Crippen LogP) is 10.7. The molecular formula is C42H38IrN2O-2. The maximum Gasteiger partial charge on any atom is 0.120 e. The van der Waals surface area contributed by atoms with Crippen LogP contribution < -0.4 is 0 Å². The zero-order valence-corrected chi connectivity index (χ0v) is 27.5. The topological polar surface area (TPSA) is 38.9 Å². The minimum Gasteiger partial charge on any atom is -0.501 e. The summed E-state index contributed by atoms with van der Waals surface area (Å²) in [5.74, 6) is -0.444. The SMILES string of the molecule is [2H]C([2H])([2H])c1c[c-]c(-c2cc(C([2H])([2H])C(C)C)c(C([2H])([2H])[2H])cn2)cc1.[2H]C([2H])([2H])c1cnc(-c2[c-]ccc3c2oc2ccccc23)cc1C([2H])([2H])c1ccccc1.[Ir]. The van der Waals surface area contributed by atoms with E-state index < -0.39 is 39.2 Å². The average Bonchev–Trinajstić information content (AvgIpc) is 3.56. The number of para-hydroxylation sites is 1. The minimum absolute atomic E-state index is 0. The molecule has 0 aliphatic rings. The summed E-state index contributed by atoms with van der Waals surface area (Å²) in [6, 6.07) is 33.1. The van der Waals surface area contributed by atoms with E-state index in [2.05, 4.69) is 22.1 Å². The van der Waals surface area contributed by atoms with E-state index in [4.69, 9.17) is 22.2 Å².